The van der Waals surface area contributed by atoms with Crippen LogP contribution in [-0.4, -0.2) is 41.4 Å². The summed E-state index contributed by atoms with van der Waals surface area (Å²) in [6, 6.07) is 5.91. The number of nitrogens with one attached hydrogen (secondary N) is 2. The molecular formula is C15H21N3O2. The van der Waals surface area contributed by atoms with Gasteiger partial charge in [0.1, 0.15) is 11.6 Å². The minimum absolute atomic E-state index is 0.158. The molecule has 3 N–H and O–H groups in total. The SMILES string of the molecule is OCCCOc1ccc2nc(C3CCCNC3)[nH]c2c1. The maximum atomic E-state index is 8.76. The summed E-state index contributed by atoms with van der Waals surface area (Å²) >= 11 is 0. The van der Waals surface area contributed by atoms with Crippen LogP contribution in [0.3, 0.4) is 0 Å². The van der Waals surface area contributed by atoms with Gasteiger partial charge in [-0.3, -0.25) is 0 Å². The lowest BCUT2D eigenvalue weighted by Crippen LogP contribution is -2.28. The lowest BCUT2D eigenvalue weighted by atomic mass is 9.99. The number of imidazole rings is 1. The molecule has 0 amide bonds. The Hall–Kier alpha value is -1.59. The highest BCUT2D eigenvalue weighted by molar-refractivity contribution is 5.76. The number of aliphatic hydroxyl groups excluding tert-OH is 1. The molecule has 0 saturated carbocycles. The second-order valence-corrected chi connectivity index (χ2v) is 5.27. The number of fused-ring (bicyclic) bond motifs is 1. The van der Waals surface area contributed by atoms with Crippen LogP contribution in [0.15, 0.2) is 18.2 Å². The molecular weight excluding hydrogens is 254 g/mol. The van der Waals surface area contributed by atoms with E-state index in [0.29, 0.717) is 18.9 Å². The molecule has 2 aromatic rings. The highest BCUT2D eigenvalue weighted by Crippen LogP contribution is 2.25. The summed E-state index contributed by atoms with van der Waals surface area (Å²) in [6.07, 6.45) is 3.05. The van der Waals surface area contributed by atoms with E-state index in [9.17, 15) is 0 Å². The van der Waals surface area contributed by atoms with Gasteiger partial charge in [-0.2, -0.15) is 0 Å². The number of rotatable bonds is 5. The van der Waals surface area contributed by atoms with Crippen molar-refractivity contribution in [2.45, 2.75) is 25.2 Å². The van der Waals surface area contributed by atoms with E-state index in [1.165, 1.54) is 12.8 Å². The van der Waals surface area contributed by atoms with E-state index in [0.717, 1.165) is 35.7 Å². The zero-order valence-electron chi connectivity index (χ0n) is 11.6. The highest BCUT2D eigenvalue weighted by Gasteiger charge is 2.18. The number of nitrogens with zero attached hydrogens (tertiary/aromatic N) is 1. The van der Waals surface area contributed by atoms with Crippen molar-refractivity contribution in [2.24, 2.45) is 0 Å². The number of hydrogen-bond acceptors (Lipinski definition) is 4. The van der Waals surface area contributed by atoms with Gasteiger partial charge in [0, 0.05) is 31.6 Å². The second-order valence-electron chi connectivity index (χ2n) is 5.27. The molecule has 1 atom stereocenters. The minimum Gasteiger partial charge on any atom is -0.493 e. The fourth-order valence-electron chi connectivity index (χ4n) is 2.63. The van der Waals surface area contributed by atoms with Crippen LogP contribution in [0.25, 0.3) is 11.0 Å². The van der Waals surface area contributed by atoms with Gasteiger partial charge in [-0.1, -0.05) is 0 Å². The Balaban J connectivity index is 1.76. The molecule has 1 aliphatic rings. The van der Waals surface area contributed by atoms with Crippen LogP contribution in [-0.2, 0) is 0 Å². The summed E-state index contributed by atoms with van der Waals surface area (Å²) < 4.78 is 5.59. The lowest BCUT2D eigenvalue weighted by molar-refractivity contribution is 0.233. The van der Waals surface area contributed by atoms with Gasteiger partial charge in [-0.25, -0.2) is 4.98 Å². The Bertz CT molecular complexity index is 561. The van der Waals surface area contributed by atoms with Gasteiger partial charge in [-0.15, -0.1) is 0 Å². The van der Waals surface area contributed by atoms with Gasteiger partial charge in [0.2, 0.25) is 0 Å². The van der Waals surface area contributed by atoms with E-state index in [2.05, 4.69) is 15.3 Å². The molecule has 2 heterocycles. The molecule has 5 heteroatoms. The van der Waals surface area contributed by atoms with Gasteiger partial charge in [0.05, 0.1) is 17.6 Å². The third-order valence-corrected chi connectivity index (χ3v) is 3.73. The van der Waals surface area contributed by atoms with E-state index < -0.39 is 0 Å². The molecule has 3 rings (SSSR count). The number of ether oxygens (including phenoxy) is 1. The fraction of sp³-hybridized carbons (Fsp3) is 0.533. The summed E-state index contributed by atoms with van der Waals surface area (Å²) in [6.45, 7) is 2.81. The van der Waals surface area contributed by atoms with Crippen LogP contribution in [0.4, 0.5) is 0 Å². The van der Waals surface area contributed by atoms with E-state index in [1.54, 1.807) is 0 Å². The standard InChI is InChI=1S/C15H21N3O2/c19-7-2-8-20-12-4-5-13-14(9-12)18-15(17-13)11-3-1-6-16-10-11/h4-5,9,11,16,19H,1-3,6-8,10H2,(H,17,18). The molecule has 0 radical (unpaired) electrons. The van der Waals surface area contributed by atoms with E-state index in [-0.39, 0.29) is 6.61 Å². The first kappa shape index (κ1) is 13.4. The number of piperidine rings is 1. The number of H-pyrrole nitrogens is 1. The van der Waals surface area contributed by atoms with E-state index in [4.69, 9.17) is 9.84 Å². The predicted octanol–water partition coefficient (Wildman–Crippen LogP) is 1.79. The summed E-state index contributed by atoms with van der Waals surface area (Å²) in [7, 11) is 0. The maximum absolute atomic E-state index is 8.76. The number of aliphatic hydroxyl groups is 1. The molecule has 1 fully saturated rings. The summed E-state index contributed by atoms with van der Waals surface area (Å²) in [5, 5.41) is 12.2. The average Bonchev–Trinajstić information content (AvgIpc) is 2.92. The number of aromatic amines is 1. The summed E-state index contributed by atoms with van der Waals surface area (Å²) in [4.78, 5) is 8.10. The van der Waals surface area contributed by atoms with Gasteiger partial charge < -0.3 is 20.1 Å². The largest absolute Gasteiger partial charge is 0.493 e. The van der Waals surface area contributed by atoms with Crippen LogP contribution in [0.2, 0.25) is 0 Å². The first-order chi connectivity index (χ1) is 9.86. The van der Waals surface area contributed by atoms with Crippen molar-refractivity contribution in [2.75, 3.05) is 26.3 Å². The van der Waals surface area contributed by atoms with Crippen molar-refractivity contribution in [3.8, 4) is 5.75 Å². The molecule has 20 heavy (non-hydrogen) atoms. The van der Waals surface area contributed by atoms with Crippen LogP contribution >= 0.6 is 0 Å². The molecule has 1 unspecified atom stereocenters. The second kappa shape index (κ2) is 6.24. The zero-order chi connectivity index (χ0) is 13.8. The Morgan fingerprint density at radius 3 is 3.15 bits per heavy atom. The van der Waals surface area contributed by atoms with Crippen molar-refractivity contribution in [1.29, 1.82) is 0 Å². The molecule has 1 aliphatic heterocycles. The number of hydrogen-bond donors (Lipinski definition) is 3. The number of benzene rings is 1. The molecule has 1 aromatic heterocycles. The first-order valence-electron chi connectivity index (χ1n) is 7.31. The van der Waals surface area contributed by atoms with Crippen molar-refractivity contribution >= 4 is 11.0 Å². The zero-order valence-corrected chi connectivity index (χ0v) is 11.6. The molecule has 1 saturated heterocycles. The monoisotopic (exact) mass is 275 g/mol. The van der Waals surface area contributed by atoms with Crippen molar-refractivity contribution < 1.29 is 9.84 Å². The highest BCUT2D eigenvalue weighted by atomic mass is 16.5. The fourth-order valence-corrected chi connectivity index (χ4v) is 2.63. The predicted molar refractivity (Wildman–Crippen MR) is 78.1 cm³/mol. The Kier molecular flexibility index (Phi) is 4.18. The van der Waals surface area contributed by atoms with Crippen LogP contribution in [0.1, 0.15) is 31.0 Å². The lowest BCUT2D eigenvalue weighted by Gasteiger charge is -2.20. The molecule has 0 aliphatic carbocycles. The van der Waals surface area contributed by atoms with Crippen molar-refractivity contribution in [1.82, 2.24) is 15.3 Å². The third kappa shape index (κ3) is 2.94. The molecule has 5 nitrogen and oxygen atoms in total. The van der Waals surface area contributed by atoms with Gasteiger partial charge >= 0.3 is 0 Å². The smallest absolute Gasteiger partial charge is 0.121 e. The Morgan fingerprint density at radius 2 is 2.35 bits per heavy atom. The molecule has 108 valence electrons. The van der Waals surface area contributed by atoms with Crippen molar-refractivity contribution in [3.05, 3.63) is 24.0 Å². The minimum atomic E-state index is 0.158. The molecule has 0 spiro atoms. The summed E-state index contributed by atoms with van der Waals surface area (Å²) in [5.41, 5.74) is 2.01. The topological polar surface area (TPSA) is 70.2 Å². The van der Waals surface area contributed by atoms with Crippen LogP contribution < -0.4 is 10.1 Å². The molecule has 0 bridgehead atoms. The summed E-state index contributed by atoms with van der Waals surface area (Å²) in [5.74, 6) is 2.37. The first-order valence-corrected chi connectivity index (χ1v) is 7.31. The Morgan fingerprint density at radius 1 is 1.40 bits per heavy atom. The van der Waals surface area contributed by atoms with Crippen LogP contribution in [0, 0.1) is 0 Å². The van der Waals surface area contributed by atoms with Crippen molar-refractivity contribution in [3.63, 3.8) is 0 Å². The average molecular weight is 275 g/mol. The van der Waals surface area contributed by atoms with Gasteiger partial charge in [0.25, 0.3) is 0 Å². The Labute approximate surface area is 118 Å². The van der Waals surface area contributed by atoms with Gasteiger partial charge in [0.15, 0.2) is 0 Å². The van der Waals surface area contributed by atoms with Crippen LogP contribution in [0.5, 0.6) is 5.75 Å². The third-order valence-electron chi connectivity index (χ3n) is 3.73. The number of aromatic nitrogens is 2. The van der Waals surface area contributed by atoms with E-state index >= 15 is 0 Å². The normalized spacial score (nSPS) is 19.4. The van der Waals surface area contributed by atoms with Gasteiger partial charge in [-0.05, 0) is 31.5 Å². The quantitative estimate of drug-likeness (QED) is 0.728. The maximum Gasteiger partial charge on any atom is 0.121 e. The van der Waals surface area contributed by atoms with E-state index in [1.807, 2.05) is 18.2 Å². The molecule has 1 aromatic carbocycles.